The number of nitrogens with zero attached hydrogens (tertiary/aromatic N) is 1. The van der Waals surface area contributed by atoms with Crippen LogP contribution in [0, 0.1) is 5.41 Å². The van der Waals surface area contributed by atoms with E-state index in [0.29, 0.717) is 5.41 Å². The SMILES string of the molecule is CCC(CC)(CNC(C)(C)C)CN1CCOCC1. The van der Waals surface area contributed by atoms with E-state index in [1.807, 2.05) is 0 Å². The first-order valence-electron chi connectivity index (χ1n) is 7.46. The number of hydrogen-bond donors (Lipinski definition) is 1. The summed E-state index contributed by atoms with van der Waals surface area (Å²) in [5.74, 6) is 0. The van der Waals surface area contributed by atoms with Gasteiger partial charge in [0, 0.05) is 31.7 Å². The third-order valence-electron chi connectivity index (χ3n) is 4.16. The Labute approximate surface area is 113 Å². The molecule has 1 aliphatic rings. The van der Waals surface area contributed by atoms with Gasteiger partial charge in [0.15, 0.2) is 0 Å². The highest BCUT2D eigenvalue weighted by Crippen LogP contribution is 2.28. The van der Waals surface area contributed by atoms with Crippen LogP contribution in [0.15, 0.2) is 0 Å². The first-order chi connectivity index (χ1) is 8.41. The van der Waals surface area contributed by atoms with Crippen molar-refractivity contribution < 1.29 is 4.74 Å². The van der Waals surface area contributed by atoms with Gasteiger partial charge in [0.05, 0.1) is 13.2 Å². The third kappa shape index (κ3) is 5.25. The van der Waals surface area contributed by atoms with Crippen LogP contribution in [-0.2, 0) is 4.74 Å². The maximum Gasteiger partial charge on any atom is 0.0594 e. The smallest absolute Gasteiger partial charge is 0.0594 e. The van der Waals surface area contributed by atoms with Gasteiger partial charge in [0.25, 0.3) is 0 Å². The normalized spacial score (nSPS) is 19.2. The molecule has 0 spiro atoms. The number of hydrogen-bond acceptors (Lipinski definition) is 3. The summed E-state index contributed by atoms with van der Waals surface area (Å²) in [7, 11) is 0. The van der Waals surface area contributed by atoms with E-state index < -0.39 is 0 Å². The van der Waals surface area contributed by atoms with Gasteiger partial charge in [0.1, 0.15) is 0 Å². The molecule has 0 aromatic rings. The average Bonchev–Trinajstić information content (AvgIpc) is 2.35. The zero-order valence-corrected chi connectivity index (χ0v) is 13.0. The predicted molar refractivity (Wildman–Crippen MR) is 78.0 cm³/mol. The molecular formula is C15H32N2O. The summed E-state index contributed by atoms with van der Waals surface area (Å²) in [6.07, 6.45) is 2.48. The van der Waals surface area contributed by atoms with Crippen LogP contribution >= 0.6 is 0 Å². The molecule has 0 amide bonds. The second-order valence-corrected chi connectivity index (χ2v) is 6.70. The predicted octanol–water partition coefficient (Wildman–Crippen LogP) is 2.51. The molecule has 0 aromatic heterocycles. The molecule has 18 heavy (non-hydrogen) atoms. The van der Waals surface area contributed by atoms with E-state index in [1.165, 1.54) is 19.4 Å². The number of rotatable bonds is 6. The van der Waals surface area contributed by atoms with Gasteiger partial charge in [-0.05, 0) is 39.0 Å². The first-order valence-corrected chi connectivity index (χ1v) is 7.46. The lowest BCUT2D eigenvalue weighted by Crippen LogP contribution is -2.50. The van der Waals surface area contributed by atoms with Crippen LogP contribution < -0.4 is 5.32 Å². The van der Waals surface area contributed by atoms with E-state index in [-0.39, 0.29) is 5.54 Å². The molecule has 0 saturated carbocycles. The average molecular weight is 256 g/mol. The molecule has 1 saturated heterocycles. The summed E-state index contributed by atoms with van der Waals surface area (Å²) in [5.41, 5.74) is 0.616. The van der Waals surface area contributed by atoms with Gasteiger partial charge in [-0.1, -0.05) is 13.8 Å². The lowest BCUT2D eigenvalue weighted by atomic mass is 9.81. The molecule has 1 fully saturated rings. The topological polar surface area (TPSA) is 24.5 Å². The number of morpholine rings is 1. The zero-order chi connectivity index (χ0) is 13.6. The molecule has 3 nitrogen and oxygen atoms in total. The first kappa shape index (κ1) is 15.9. The van der Waals surface area contributed by atoms with E-state index in [0.717, 1.165) is 32.8 Å². The zero-order valence-electron chi connectivity index (χ0n) is 13.0. The molecule has 1 aliphatic heterocycles. The fourth-order valence-corrected chi connectivity index (χ4v) is 2.47. The Kier molecular flexibility index (Phi) is 6.09. The maximum atomic E-state index is 5.44. The summed E-state index contributed by atoms with van der Waals surface area (Å²) < 4.78 is 5.44. The number of nitrogens with one attached hydrogen (secondary N) is 1. The van der Waals surface area contributed by atoms with Crippen LogP contribution in [0.2, 0.25) is 0 Å². The van der Waals surface area contributed by atoms with Crippen molar-refractivity contribution in [3.05, 3.63) is 0 Å². The van der Waals surface area contributed by atoms with Gasteiger partial charge in [0.2, 0.25) is 0 Å². The highest BCUT2D eigenvalue weighted by Gasteiger charge is 2.30. The monoisotopic (exact) mass is 256 g/mol. The molecule has 108 valence electrons. The molecule has 1 N–H and O–H groups in total. The minimum absolute atomic E-state index is 0.209. The molecular weight excluding hydrogens is 224 g/mol. The van der Waals surface area contributed by atoms with E-state index in [9.17, 15) is 0 Å². The van der Waals surface area contributed by atoms with Gasteiger partial charge < -0.3 is 10.1 Å². The van der Waals surface area contributed by atoms with Crippen LogP contribution in [0.25, 0.3) is 0 Å². The van der Waals surface area contributed by atoms with Crippen LogP contribution in [-0.4, -0.2) is 49.8 Å². The highest BCUT2D eigenvalue weighted by molar-refractivity contribution is 4.86. The quantitative estimate of drug-likeness (QED) is 0.790. The molecule has 1 heterocycles. The van der Waals surface area contributed by atoms with Crippen molar-refractivity contribution in [3.63, 3.8) is 0 Å². The third-order valence-corrected chi connectivity index (χ3v) is 4.16. The van der Waals surface area contributed by atoms with Crippen molar-refractivity contribution in [1.29, 1.82) is 0 Å². The Hall–Kier alpha value is -0.120. The van der Waals surface area contributed by atoms with E-state index in [4.69, 9.17) is 4.74 Å². The van der Waals surface area contributed by atoms with Crippen molar-refractivity contribution in [2.45, 2.75) is 53.0 Å². The fraction of sp³-hybridized carbons (Fsp3) is 1.00. The Balaban J connectivity index is 2.54. The fourth-order valence-electron chi connectivity index (χ4n) is 2.47. The van der Waals surface area contributed by atoms with E-state index in [2.05, 4.69) is 44.8 Å². The second kappa shape index (κ2) is 6.88. The van der Waals surface area contributed by atoms with Crippen LogP contribution in [0.3, 0.4) is 0 Å². The summed E-state index contributed by atoms with van der Waals surface area (Å²) in [6.45, 7) is 17.7. The van der Waals surface area contributed by atoms with Gasteiger partial charge in [-0.3, -0.25) is 4.90 Å². The standard InChI is InChI=1S/C15H32N2O/c1-6-15(7-2,12-16-14(3,4)5)13-17-8-10-18-11-9-17/h16H,6-13H2,1-5H3. The molecule has 0 radical (unpaired) electrons. The molecule has 3 heteroatoms. The summed E-state index contributed by atoms with van der Waals surface area (Å²) in [5, 5.41) is 3.70. The Morgan fingerprint density at radius 2 is 1.61 bits per heavy atom. The molecule has 1 rings (SSSR count). The van der Waals surface area contributed by atoms with Gasteiger partial charge in [-0.25, -0.2) is 0 Å². The van der Waals surface area contributed by atoms with Gasteiger partial charge >= 0.3 is 0 Å². The molecule has 0 aliphatic carbocycles. The molecule has 0 atom stereocenters. The van der Waals surface area contributed by atoms with Crippen molar-refractivity contribution in [2.75, 3.05) is 39.4 Å². The summed E-state index contributed by atoms with van der Waals surface area (Å²) in [4.78, 5) is 2.57. The Morgan fingerprint density at radius 3 is 2.06 bits per heavy atom. The van der Waals surface area contributed by atoms with Crippen LogP contribution in [0.1, 0.15) is 47.5 Å². The largest absolute Gasteiger partial charge is 0.379 e. The minimum Gasteiger partial charge on any atom is -0.379 e. The number of ether oxygens (including phenoxy) is 1. The lowest BCUT2D eigenvalue weighted by molar-refractivity contribution is 0.0126. The van der Waals surface area contributed by atoms with Crippen LogP contribution in [0.5, 0.6) is 0 Å². The van der Waals surface area contributed by atoms with Crippen molar-refractivity contribution in [3.8, 4) is 0 Å². The van der Waals surface area contributed by atoms with E-state index >= 15 is 0 Å². The lowest BCUT2D eigenvalue weighted by Gasteiger charge is -2.40. The summed E-state index contributed by atoms with van der Waals surface area (Å²) in [6, 6.07) is 0. The minimum atomic E-state index is 0.209. The van der Waals surface area contributed by atoms with E-state index in [1.54, 1.807) is 0 Å². The Morgan fingerprint density at radius 1 is 1.06 bits per heavy atom. The van der Waals surface area contributed by atoms with Gasteiger partial charge in [-0.15, -0.1) is 0 Å². The van der Waals surface area contributed by atoms with Crippen molar-refractivity contribution in [2.24, 2.45) is 5.41 Å². The maximum absolute atomic E-state index is 5.44. The molecule has 0 bridgehead atoms. The molecule has 0 unspecified atom stereocenters. The highest BCUT2D eigenvalue weighted by atomic mass is 16.5. The van der Waals surface area contributed by atoms with Crippen LogP contribution in [0.4, 0.5) is 0 Å². The van der Waals surface area contributed by atoms with Crippen molar-refractivity contribution >= 4 is 0 Å². The van der Waals surface area contributed by atoms with Gasteiger partial charge in [-0.2, -0.15) is 0 Å². The molecule has 0 aromatic carbocycles. The summed E-state index contributed by atoms with van der Waals surface area (Å²) >= 11 is 0. The van der Waals surface area contributed by atoms with Crippen molar-refractivity contribution in [1.82, 2.24) is 10.2 Å². The Bertz CT molecular complexity index is 225. The second-order valence-electron chi connectivity index (χ2n) is 6.70.